The molecule has 1 heterocycles. The van der Waals surface area contributed by atoms with E-state index < -0.39 is 0 Å². The molecule has 1 N–H and O–H groups in total. The SMILES string of the molecule is O=C(Cc1ccccc1Cl)N1CCN(C(=O)NC2CCCCC2)CC1. The number of halogens is 1. The maximum absolute atomic E-state index is 12.5. The lowest BCUT2D eigenvalue weighted by Crippen LogP contribution is -2.55. The Bertz CT molecular complexity index is 608. The third kappa shape index (κ3) is 4.88. The van der Waals surface area contributed by atoms with E-state index in [-0.39, 0.29) is 11.9 Å². The molecule has 25 heavy (non-hydrogen) atoms. The minimum Gasteiger partial charge on any atom is -0.339 e. The molecule has 0 aromatic heterocycles. The fraction of sp³-hybridized carbons (Fsp3) is 0.579. The molecular weight excluding hydrogens is 338 g/mol. The average Bonchev–Trinajstić information content (AvgIpc) is 2.64. The number of piperazine rings is 1. The Morgan fingerprint density at radius 1 is 1.00 bits per heavy atom. The lowest BCUT2D eigenvalue weighted by atomic mass is 9.96. The highest BCUT2D eigenvalue weighted by atomic mass is 35.5. The zero-order valence-corrected chi connectivity index (χ0v) is 15.3. The molecule has 1 aliphatic carbocycles. The normalized spacial score (nSPS) is 18.9. The second-order valence-electron chi connectivity index (χ2n) is 6.92. The molecular formula is C19H26ClN3O2. The number of urea groups is 1. The lowest BCUT2D eigenvalue weighted by molar-refractivity contribution is -0.131. The molecule has 1 saturated carbocycles. The topological polar surface area (TPSA) is 52.7 Å². The van der Waals surface area contributed by atoms with Crippen LogP contribution < -0.4 is 5.32 Å². The number of hydrogen-bond acceptors (Lipinski definition) is 2. The molecule has 1 saturated heterocycles. The summed E-state index contributed by atoms with van der Waals surface area (Å²) in [6.45, 7) is 2.35. The molecule has 5 nitrogen and oxygen atoms in total. The number of rotatable bonds is 3. The van der Waals surface area contributed by atoms with Gasteiger partial charge in [-0.25, -0.2) is 4.79 Å². The zero-order valence-electron chi connectivity index (χ0n) is 14.5. The van der Waals surface area contributed by atoms with Crippen LogP contribution in [0.15, 0.2) is 24.3 Å². The van der Waals surface area contributed by atoms with Gasteiger partial charge >= 0.3 is 6.03 Å². The average molecular weight is 364 g/mol. The lowest BCUT2D eigenvalue weighted by Gasteiger charge is -2.36. The van der Waals surface area contributed by atoms with E-state index in [0.717, 1.165) is 18.4 Å². The van der Waals surface area contributed by atoms with E-state index in [1.807, 2.05) is 28.0 Å². The minimum atomic E-state index is 0.0186. The van der Waals surface area contributed by atoms with Crippen LogP contribution in [0, 0.1) is 0 Å². The smallest absolute Gasteiger partial charge is 0.317 e. The van der Waals surface area contributed by atoms with Crippen LogP contribution >= 0.6 is 11.6 Å². The van der Waals surface area contributed by atoms with E-state index in [9.17, 15) is 9.59 Å². The van der Waals surface area contributed by atoms with Crippen molar-refractivity contribution in [1.29, 1.82) is 0 Å². The Morgan fingerprint density at radius 2 is 1.64 bits per heavy atom. The third-order valence-corrected chi connectivity index (χ3v) is 5.52. The molecule has 0 bridgehead atoms. The van der Waals surface area contributed by atoms with Crippen molar-refractivity contribution in [3.63, 3.8) is 0 Å². The van der Waals surface area contributed by atoms with Gasteiger partial charge in [-0.1, -0.05) is 49.1 Å². The molecule has 2 fully saturated rings. The molecule has 3 rings (SSSR count). The Labute approximate surface area is 154 Å². The molecule has 6 heteroatoms. The van der Waals surface area contributed by atoms with Crippen molar-refractivity contribution >= 4 is 23.5 Å². The van der Waals surface area contributed by atoms with Gasteiger partial charge in [0.15, 0.2) is 0 Å². The van der Waals surface area contributed by atoms with Crippen LogP contribution in [0.3, 0.4) is 0 Å². The number of nitrogens with zero attached hydrogens (tertiary/aromatic N) is 2. The predicted octanol–water partition coefficient (Wildman–Crippen LogP) is 3.07. The van der Waals surface area contributed by atoms with E-state index in [2.05, 4.69) is 5.32 Å². The fourth-order valence-corrected chi connectivity index (χ4v) is 3.79. The Hall–Kier alpha value is -1.75. The summed E-state index contributed by atoms with van der Waals surface area (Å²) in [5, 5.41) is 3.77. The van der Waals surface area contributed by atoms with Crippen molar-refractivity contribution in [1.82, 2.24) is 15.1 Å². The van der Waals surface area contributed by atoms with Crippen LogP contribution in [0.2, 0.25) is 5.02 Å². The van der Waals surface area contributed by atoms with Crippen LogP contribution in [0.1, 0.15) is 37.7 Å². The zero-order chi connectivity index (χ0) is 17.6. The molecule has 0 unspecified atom stereocenters. The first kappa shape index (κ1) is 18.1. The molecule has 136 valence electrons. The number of carbonyl (C=O) groups excluding carboxylic acids is 2. The van der Waals surface area contributed by atoms with Gasteiger partial charge in [0.25, 0.3) is 0 Å². The summed E-state index contributed by atoms with van der Waals surface area (Å²) >= 11 is 6.13. The van der Waals surface area contributed by atoms with E-state index in [0.29, 0.717) is 43.7 Å². The van der Waals surface area contributed by atoms with E-state index in [4.69, 9.17) is 11.6 Å². The molecule has 1 aromatic rings. The fourth-order valence-electron chi connectivity index (χ4n) is 3.59. The van der Waals surface area contributed by atoms with Gasteiger partial charge in [-0.3, -0.25) is 4.79 Å². The first-order chi connectivity index (χ1) is 12.1. The van der Waals surface area contributed by atoms with Crippen LogP contribution in [0.4, 0.5) is 4.79 Å². The third-order valence-electron chi connectivity index (χ3n) is 5.15. The standard InChI is InChI=1S/C19H26ClN3O2/c20-17-9-5-4-6-15(17)14-18(24)22-10-12-23(13-11-22)19(25)21-16-7-2-1-3-8-16/h4-6,9,16H,1-3,7-8,10-14H2,(H,21,25). The van der Waals surface area contributed by atoms with Gasteiger partial charge in [-0.2, -0.15) is 0 Å². The Morgan fingerprint density at radius 3 is 2.32 bits per heavy atom. The number of carbonyl (C=O) groups is 2. The van der Waals surface area contributed by atoms with Gasteiger partial charge in [-0.15, -0.1) is 0 Å². The minimum absolute atomic E-state index is 0.0186. The number of amides is 3. The molecule has 0 spiro atoms. The first-order valence-electron chi connectivity index (χ1n) is 9.20. The highest BCUT2D eigenvalue weighted by molar-refractivity contribution is 6.31. The Balaban J connectivity index is 1.45. The molecule has 1 aromatic carbocycles. The van der Waals surface area contributed by atoms with Gasteiger partial charge < -0.3 is 15.1 Å². The highest BCUT2D eigenvalue weighted by Gasteiger charge is 2.26. The monoisotopic (exact) mass is 363 g/mol. The number of nitrogens with one attached hydrogen (secondary N) is 1. The van der Waals surface area contributed by atoms with Crippen LogP contribution in [-0.2, 0) is 11.2 Å². The molecule has 1 aliphatic heterocycles. The quantitative estimate of drug-likeness (QED) is 0.897. The van der Waals surface area contributed by atoms with Crippen LogP contribution in [0.25, 0.3) is 0 Å². The summed E-state index contributed by atoms with van der Waals surface area (Å²) in [6.07, 6.45) is 6.17. The van der Waals surface area contributed by atoms with Crippen molar-refractivity contribution in [2.75, 3.05) is 26.2 Å². The highest BCUT2D eigenvalue weighted by Crippen LogP contribution is 2.18. The van der Waals surface area contributed by atoms with Crippen molar-refractivity contribution in [3.8, 4) is 0 Å². The summed E-state index contributed by atoms with van der Waals surface area (Å²) in [5.74, 6) is 0.0699. The number of benzene rings is 1. The summed E-state index contributed by atoms with van der Waals surface area (Å²) in [7, 11) is 0. The summed E-state index contributed by atoms with van der Waals surface area (Å²) in [4.78, 5) is 28.5. The van der Waals surface area contributed by atoms with Crippen molar-refractivity contribution in [2.24, 2.45) is 0 Å². The van der Waals surface area contributed by atoms with Crippen LogP contribution in [0.5, 0.6) is 0 Å². The molecule has 0 atom stereocenters. The van der Waals surface area contributed by atoms with Crippen molar-refractivity contribution in [3.05, 3.63) is 34.9 Å². The van der Waals surface area contributed by atoms with Crippen LogP contribution in [-0.4, -0.2) is 54.0 Å². The molecule has 2 aliphatic rings. The van der Waals surface area contributed by atoms with E-state index in [1.54, 1.807) is 6.07 Å². The molecule has 0 radical (unpaired) electrons. The second kappa shape index (κ2) is 8.56. The maximum atomic E-state index is 12.5. The van der Waals surface area contributed by atoms with Gasteiger partial charge in [0.2, 0.25) is 5.91 Å². The van der Waals surface area contributed by atoms with Crippen molar-refractivity contribution < 1.29 is 9.59 Å². The largest absolute Gasteiger partial charge is 0.339 e. The van der Waals surface area contributed by atoms with Gasteiger partial charge in [0.1, 0.15) is 0 Å². The first-order valence-corrected chi connectivity index (χ1v) is 9.58. The Kier molecular flexibility index (Phi) is 6.19. The van der Waals surface area contributed by atoms with Gasteiger partial charge in [0.05, 0.1) is 6.42 Å². The van der Waals surface area contributed by atoms with E-state index in [1.165, 1.54) is 19.3 Å². The predicted molar refractivity (Wildman–Crippen MR) is 98.7 cm³/mol. The van der Waals surface area contributed by atoms with Crippen molar-refractivity contribution in [2.45, 2.75) is 44.6 Å². The summed E-state index contributed by atoms with van der Waals surface area (Å²) < 4.78 is 0. The maximum Gasteiger partial charge on any atom is 0.317 e. The summed E-state index contributed by atoms with van der Waals surface area (Å²) in [6, 6.07) is 7.78. The van der Waals surface area contributed by atoms with Gasteiger partial charge in [0, 0.05) is 37.2 Å². The second-order valence-corrected chi connectivity index (χ2v) is 7.33. The van der Waals surface area contributed by atoms with Gasteiger partial charge in [-0.05, 0) is 24.5 Å². The number of hydrogen-bond donors (Lipinski definition) is 1. The van der Waals surface area contributed by atoms with E-state index >= 15 is 0 Å². The summed E-state index contributed by atoms with van der Waals surface area (Å²) in [5.41, 5.74) is 0.853. The molecule has 3 amide bonds.